The van der Waals surface area contributed by atoms with E-state index >= 15 is 0 Å². The standard InChI is InChI=1S/Ba.Bi.Ca.H4Si.7H/h;;;1H4;;;;;;;. The smallest absolute Gasteiger partial charge is 0.0149 e. The molecule has 0 aliphatic carbocycles. The maximum atomic E-state index is 0. The molecule has 0 N–H and O–H groups in total. The first-order chi connectivity index (χ1) is 0. The molecular weight excluding hydrogens is 414 g/mol. The molecule has 0 spiro atoms. The third-order valence-corrected chi connectivity index (χ3v) is 0. The molecule has 24 valence electrons. The molecule has 0 saturated heterocycles. The predicted octanol–water partition coefficient (Wildman–Crippen LogP) is -4.47. The van der Waals surface area contributed by atoms with Crippen LogP contribution in [0.4, 0.5) is 0 Å². The normalized spacial score (nSPS) is 0. The summed E-state index contributed by atoms with van der Waals surface area (Å²) >= 11 is 0. The van der Waals surface area contributed by atoms with Gasteiger partial charge in [0.2, 0.25) is 0 Å². The van der Waals surface area contributed by atoms with Gasteiger partial charge in [-0.05, 0) is 11.0 Å². The van der Waals surface area contributed by atoms with Crippen molar-refractivity contribution in [3.8, 4) is 0 Å². The largest absolute Gasteiger partial charge is 0.0149 e. The Morgan fingerprint density at radius 3 is 1.00 bits per heavy atom. The van der Waals surface area contributed by atoms with Gasteiger partial charge in [-0.15, -0.1) is 0 Å². The number of hydrogen-bond acceptors (Lipinski definition) is 0. The molecule has 0 bridgehead atoms. The van der Waals surface area contributed by atoms with Gasteiger partial charge in [0.25, 0.3) is 0 Å². The van der Waals surface area contributed by atoms with Gasteiger partial charge in [-0.2, -0.15) is 0 Å². The van der Waals surface area contributed by atoms with E-state index in [-0.39, 0.29) is 124 Å². The average Bonchev–Trinajstić information content (AvgIpc) is 0. The molecule has 0 heterocycles. The number of rotatable bonds is 0. The van der Waals surface area contributed by atoms with E-state index in [1.165, 1.54) is 0 Å². The quantitative estimate of drug-likeness (QED) is 0.344. The van der Waals surface area contributed by atoms with E-state index in [2.05, 4.69) is 0 Å². The van der Waals surface area contributed by atoms with Crippen LogP contribution < -0.4 is 0 Å². The van der Waals surface area contributed by atoms with Crippen molar-refractivity contribution in [3.05, 3.63) is 0 Å². The van der Waals surface area contributed by atoms with Gasteiger partial charge >= 0.3 is 113 Å². The Balaban J connectivity index is 0. The molecule has 0 aliphatic rings. The fourth-order valence-electron chi connectivity index (χ4n) is 0. The average molecular weight is 426 g/mol. The Kier molecular flexibility index (Phi) is 97.3. The van der Waals surface area contributed by atoms with Crippen molar-refractivity contribution < 1.29 is 0 Å². The van der Waals surface area contributed by atoms with Gasteiger partial charge in [0.15, 0.2) is 0 Å². The van der Waals surface area contributed by atoms with E-state index in [1.54, 1.807) is 0 Å². The Labute approximate surface area is 120 Å². The molecule has 0 saturated carbocycles. The van der Waals surface area contributed by atoms with Crippen LogP contribution >= 0.6 is 0 Å². The van der Waals surface area contributed by atoms with E-state index in [0.717, 1.165) is 0 Å². The monoisotopic (exact) mass is 426 g/mol. The maximum Gasteiger partial charge on any atom is -0.0149 e. The minimum atomic E-state index is 0. The van der Waals surface area contributed by atoms with Crippen LogP contribution in [0.1, 0.15) is 0 Å². The molecule has 0 aliphatic heterocycles. The number of hydrogen-bond donors (Lipinski definition) is 0. The van der Waals surface area contributed by atoms with Crippen LogP contribution in [-0.4, -0.2) is 124 Å². The first-order valence-electron chi connectivity index (χ1n) is 0. The molecule has 0 rings (SSSR count). The summed E-state index contributed by atoms with van der Waals surface area (Å²) in [6.45, 7) is 0. The summed E-state index contributed by atoms with van der Waals surface area (Å²) in [5, 5.41) is 0. The molecule has 0 radical (unpaired) electrons. The zero-order valence-corrected chi connectivity index (χ0v) is 6.20. The van der Waals surface area contributed by atoms with E-state index in [0.29, 0.717) is 0 Å². The van der Waals surface area contributed by atoms with Gasteiger partial charge in [0.05, 0.1) is 0 Å². The van der Waals surface area contributed by atoms with E-state index < -0.39 is 0 Å². The third-order valence-electron chi connectivity index (χ3n) is 0. The molecular formula is H11BaBiCaSi. The minimum Gasteiger partial charge on any atom is -0.0149 e. The van der Waals surface area contributed by atoms with Crippen LogP contribution in [0.3, 0.4) is 0 Å². The minimum absolute atomic E-state index is 0. The molecule has 0 fully saturated rings. The molecule has 0 amide bonds. The Morgan fingerprint density at radius 1 is 1.00 bits per heavy atom. The van der Waals surface area contributed by atoms with Crippen molar-refractivity contribution in [1.29, 1.82) is 0 Å². The van der Waals surface area contributed by atoms with Crippen molar-refractivity contribution in [3.63, 3.8) is 0 Å². The van der Waals surface area contributed by atoms with Crippen molar-refractivity contribution in [2.45, 2.75) is 0 Å². The molecule has 0 aromatic carbocycles. The van der Waals surface area contributed by atoms with Gasteiger partial charge in [-0.3, -0.25) is 0 Å². The topological polar surface area (TPSA) is 0 Å². The maximum absolute atomic E-state index is 0. The summed E-state index contributed by atoms with van der Waals surface area (Å²) in [6, 6.07) is 0. The molecule has 4 heavy (non-hydrogen) atoms. The predicted molar refractivity (Wildman–Crippen MR) is 38.4 cm³/mol. The second-order valence-corrected chi connectivity index (χ2v) is 0. The van der Waals surface area contributed by atoms with Crippen molar-refractivity contribution in [2.75, 3.05) is 0 Å². The van der Waals surface area contributed by atoms with E-state index in [1.807, 2.05) is 0 Å². The van der Waals surface area contributed by atoms with Crippen LogP contribution in [0, 0.1) is 0 Å². The summed E-state index contributed by atoms with van der Waals surface area (Å²) in [5.74, 6) is 0. The summed E-state index contributed by atoms with van der Waals surface area (Å²) in [4.78, 5) is 0. The second kappa shape index (κ2) is 15.8. The summed E-state index contributed by atoms with van der Waals surface area (Å²) < 4.78 is 0. The zero-order valence-electron chi connectivity index (χ0n) is 0.707. The Bertz CT molecular complexity index is 8.00. The van der Waals surface area contributed by atoms with Crippen LogP contribution in [0.5, 0.6) is 0 Å². The van der Waals surface area contributed by atoms with E-state index in [4.69, 9.17) is 0 Å². The SMILES string of the molecule is [BaH2].[BiH3].[CaH2].[SiH4]. The van der Waals surface area contributed by atoms with Gasteiger partial charge in [-0.1, -0.05) is 0 Å². The molecule has 0 nitrogen and oxygen atoms in total. The molecule has 0 aromatic heterocycles. The summed E-state index contributed by atoms with van der Waals surface area (Å²) in [6.07, 6.45) is 0. The van der Waals surface area contributed by atoms with Crippen LogP contribution in [0.25, 0.3) is 0 Å². The molecule has 0 aromatic rings. The van der Waals surface area contributed by atoms with Gasteiger partial charge in [0.1, 0.15) is 0 Å². The van der Waals surface area contributed by atoms with Crippen LogP contribution in [0.2, 0.25) is 0 Å². The van der Waals surface area contributed by atoms with Crippen molar-refractivity contribution >= 4 is 124 Å². The fraction of sp³-hybridized carbons (Fsp3) is 0. The van der Waals surface area contributed by atoms with Gasteiger partial charge in [0, 0.05) is 0 Å². The zero-order chi connectivity index (χ0) is 0. The fourth-order valence-corrected chi connectivity index (χ4v) is 0. The van der Waals surface area contributed by atoms with Crippen molar-refractivity contribution in [2.24, 2.45) is 0 Å². The second-order valence-electron chi connectivity index (χ2n) is 0. The van der Waals surface area contributed by atoms with Gasteiger partial charge in [-0.25, -0.2) is 0 Å². The first-order valence-corrected chi connectivity index (χ1v) is 0. The molecule has 4 heteroatoms. The van der Waals surface area contributed by atoms with Crippen molar-refractivity contribution in [1.82, 2.24) is 0 Å². The summed E-state index contributed by atoms with van der Waals surface area (Å²) in [5.41, 5.74) is 0. The molecule has 0 atom stereocenters. The Morgan fingerprint density at radius 2 is 1.00 bits per heavy atom. The molecule has 0 unspecified atom stereocenters. The Hall–Kier alpha value is 3.93. The summed E-state index contributed by atoms with van der Waals surface area (Å²) in [7, 11) is 0. The van der Waals surface area contributed by atoms with Crippen LogP contribution in [0.15, 0.2) is 0 Å². The van der Waals surface area contributed by atoms with Gasteiger partial charge < -0.3 is 0 Å². The van der Waals surface area contributed by atoms with Crippen LogP contribution in [-0.2, 0) is 0 Å². The van der Waals surface area contributed by atoms with E-state index in [9.17, 15) is 0 Å². The third kappa shape index (κ3) is 9.33. The first kappa shape index (κ1) is 24.7.